The molecule has 0 unspecified atom stereocenters. The fourth-order valence-corrected chi connectivity index (χ4v) is 3.77. The van der Waals surface area contributed by atoms with E-state index in [0.717, 1.165) is 22.0 Å². The summed E-state index contributed by atoms with van der Waals surface area (Å²) < 4.78 is 5.77. The number of rotatable bonds is 7. The van der Waals surface area contributed by atoms with Crippen molar-refractivity contribution in [2.45, 2.75) is 27.0 Å². The summed E-state index contributed by atoms with van der Waals surface area (Å²) in [6, 6.07) is 9.71. The zero-order chi connectivity index (χ0) is 18.4. The molecule has 2 heterocycles. The molecule has 0 radical (unpaired) electrons. The molecule has 3 aromatic rings. The van der Waals surface area contributed by atoms with E-state index in [0.29, 0.717) is 13.2 Å². The second-order valence-electron chi connectivity index (χ2n) is 5.80. The number of thiazole rings is 1. The van der Waals surface area contributed by atoms with Gasteiger partial charge in [-0.1, -0.05) is 12.1 Å². The minimum Gasteiger partial charge on any atom is -0.487 e. The third kappa shape index (κ3) is 5.28. The fourth-order valence-electron chi connectivity index (χ4n) is 2.32. The molecule has 0 saturated heterocycles. The Morgan fingerprint density at radius 2 is 2.15 bits per heavy atom. The van der Waals surface area contributed by atoms with Crippen molar-refractivity contribution in [1.82, 2.24) is 10.3 Å². The van der Waals surface area contributed by atoms with E-state index in [1.807, 2.05) is 48.9 Å². The number of ether oxygens (including phenoxy) is 1. The predicted octanol–water partition coefficient (Wildman–Crippen LogP) is 4.73. The van der Waals surface area contributed by atoms with Gasteiger partial charge < -0.3 is 10.1 Å². The SMILES string of the molecule is Cc1nc(COc2cccc(/C=C/C(=O)NCc3sccc3C)c2)cs1. The summed E-state index contributed by atoms with van der Waals surface area (Å²) in [6.45, 7) is 5.03. The highest BCUT2D eigenvalue weighted by molar-refractivity contribution is 7.10. The largest absolute Gasteiger partial charge is 0.487 e. The summed E-state index contributed by atoms with van der Waals surface area (Å²) in [6.07, 6.45) is 3.34. The summed E-state index contributed by atoms with van der Waals surface area (Å²) in [5, 5.41) is 7.97. The molecule has 134 valence electrons. The minimum atomic E-state index is -0.109. The second kappa shape index (κ2) is 8.78. The van der Waals surface area contributed by atoms with Crippen LogP contribution in [0.2, 0.25) is 0 Å². The lowest BCUT2D eigenvalue weighted by atomic mass is 10.2. The van der Waals surface area contributed by atoms with Crippen LogP contribution in [-0.4, -0.2) is 10.9 Å². The van der Waals surface area contributed by atoms with Gasteiger partial charge >= 0.3 is 0 Å². The number of benzene rings is 1. The molecular formula is C20H20N2O2S2. The Bertz CT molecular complexity index is 912. The van der Waals surface area contributed by atoms with Crippen LogP contribution in [0.15, 0.2) is 47.2 Å². The number of aromatic nitrogens is 1. The molecule has 1 aromatic carbocycles. The number of hydrogen-bond acceptors (Lipinski definition) is 5. The zero-order valence-corrected chi connectivity index (χ0v) is 16.3. The van der Waals surface area contributed by atoms with Crippen molar-refractivity contribution < 1.29 is 9.53 Å². The van der Waals surface area contributed by atoms with Crippen LogP contribution in [0.3, 0.4) is 0 Å². The molecule has 0 aliphatic heterocycles. The molecule has 3 rings (SSSR count). The van der Waals surface area contributed by atoms with E-state index in [-0.39, 0.29) is 5.91 Å². The lowest BCUT2D eigenvalue weighted by Gasteiger charge is -2.05. The number of nitrogens with one attached hydrogen (secondary N) is 1. The van der Waals surface area contributed by atoms with E-state index in [2.05, 4.69) is 16.4 Å². The van der Waals surface area contributed by atoms with Crippen molar-refractivity contribution in [2.75, 3.05) is 0 Å². The molecule has 0 fully saturated rings. The second-order valence-corrected chi connectivity index (χ2v) is 7.86. The normalized spacial score (nSPS) is 11.0. The topological polar surface area (TPSA) is 51.2 Å². The Morgan fingerprint density at radius 1 is 1.27 bits per heavy atom. The predicted molar refractivity (Wildman–Crippen MR) is 108 cm³/mol. The third-order valence-corrected chi connectivity index (χ3v) is 5.58. The third-order valence-electron chi connectivity index (χ3n) is 3.73. The van der Waals surface area contributed by atoms with Crippen LogP contribution < -0.4 is 10.1 Å². The highest BCUT2D eigenvalue weighted by atomic mass is 32.1. The highest BCUT2D eigenvalue weighted by Gasteiger charge is 2.03. The molecule has 6 heteroatoms. The van der Waals surface area contributed by atoms with Crippen LogP contribution in [0.5, 0.6) is 5.75 Å². The molecule has 1 N–H and O–H groups in total. The van der Waals surface area contributed by atoms with Crippen LogP contribution in [-0.2, 0) is 17.9 Å². The molecule has 0 saturated carbocycles. The van der Waals surface area contributed by atoms with Crippen LogP contribution in [0.25, 0.3) is 6.08 Å². The standard InChI is InChI=1S/C20H20N2O2S2/c1-14-8-9-25-19(14)11-21-20(23)7-6-16-4-3-5-18(10-16)24-12-17-13-26-15(2)22-17/h3-10,13H,11-12H2,1-2H3,(H,21,23)/b7-6+. The molecule has 2 aromatic heterocycles. The van der Waals surface area contributed by atoms with E-state index in [4.69, 9.17) is 4.74 Å². The zero-order valence-electron chi connectivity index (χ0n) is 14.7. The number of carbonyl (C=O) groups excluding carboxylic acids is 1. The smallest absolute Gasteiger partial charge is 0.244 e. The highest BCUT2D eigenvalue weighted by Crippen LogP contribution is 2.17. The van der Waals surface area contributed by atoms with Crippen molar-refractivity contribution in [3.63, 3.8) is 0 Å². The summed E-state index contributed by atoms with van der Waals surface area (Å²) in [5.41, 5.74) is 3.05. The summed E-state index contributed by atoms with van der Waals surface area (Å²) in [5.74, 6) is 0.648. The number of hydrogen-bond donors (Lipinski definition) is 1. The Labute approximate surface area is 161 Å². The fraction of sp³-hybridized carbons (Fsp3) is 0.200. The van der Waals surface area contributed by atoms with E-state index < -0.39 is 0 Å². The first-order chi connectivity index (χ1) is 12.6. The summed E-state index contributed by atoms with van der Waals surface area (Å²) in [7, 11) is 0. The van der Waals surface area contributed by atoms with Gasteiger partial charge in [0.2, 0.25) is 5.91 Å². The van der Waals surface area contributed by atoms with E-state index >= 15 is 0 Å². The van der Waals surface area contributed by atoms with Crippen LogP contribution >= 0.6 is 22.7 Å². The summed E-state index contributed by atoms with van der Waals surface area (Å²) >= 11 is 3.27. The number of aryl methyl sites for hydroxylation is 2. The molecule has 0 atom stereocenters. The quantitative estimate of drug-likeness (QED) is 0.599. The molecule has 0 aliphatic rings. The van der Waals surface area contributed by atoms with Crippen LogP contribution in [0.1, 0.15) is 26.7 Å². The number of carbonyl (C=O) groups is 1. The van der Waals surface area contributed by atoms with Crippen molar-refractivity contribution in [2.24, 2.45) is 0 Å². The van der Waals surface area contributed by atoms with Crippen LogP contribution in [0.4, 0.5) is 0 Å². The maximum Gasteiger partial charge on any atom is 0.244 e. The maximum absolute atomic E-state index is 12.0. The van der Waals surface area contributed by atoms with Crippen molar-refractivity contribution in [3.8, 4) is 5.75 Å². The number of nitrogens with zero attached hydrogens (tertiary/aromatic N) is 1. The van der Waals surface area contributed by atoms with Crippen molar-refractivity contribution in [1.29, 1.82) is 0 Å². The van der Waals surface area contributed by atoms with Gasteiger partial charge in [0.05, 0.1) is 17.2 Å². The van der Waals surface area contributed by atoms with Gasteiger partial charge in [0.15, 0.2) is 0 Å². The average molecular weight is 385 g/mol. The molecule has 4 nitrogen and oxygen atoms in total. The van der Waals surface area contributed by atoms with E-state index in [9.17, 15) is 4.79 Å². The van der Waals surface area contributed by atoms with E-state index in [1.165, 1.54) is 10.4 Å². The first-order valence-corrected chi connectivity index (χ1v) is 9.99. The lowest BCUT2D eigenvalue weighted by molar-refractivity contribution is -0.116. The minimum absolute atomic E-state index is 0.109. The Morgan fingerprint density at radius 3 is 2.88 bits per heavy atom. The molecule has 0 bridgehead atoms. The van der Waals surface area contributed by atoms with Gasteiger partial charge in [0, 0.05) is 16.3 Å². The molecule has 0 aliphatic carbocycles. The first kappa shape index (κ1) is 18.4. The molecule has 1 amide bonds. The van der Waals surface area contributed by atoms with Gasteiger partial charge in [-0.05, 0) is 54.6 Å². The molecular weight excluding hydrogens is 364 g/mol. The van der Waals surface area contributed by atoms with E-state index in [1.54, 1.807) is 34.8 Å². The number of amides is 1. The monoisotopic (exact) mass is 384 g/mol. The Hall–Kier alpha value is -2.44. The van der Waals surface area contributed by atoms with Crippen molar-refractivity contribution >= 4 is 34.7 Å². The summed E-state index contributed by atoms with van der Waals surface area (Å²) in [4.78, 5) is 17.6. The van der Waals surface area contributed by atoms with Gasteiger partial charge in [0.1, 0.15) is 12.4 Å². The first-order valence-electron chi connectivity index (χ1n) is 8.23. The van der Waals surface area contributed by atoms with Gasteiger partial charge in [-0.3, -0.25) is 4.79 Å². The van der Waals surface area contributed by atoms with Crippen molar-refractivity contribution in [3.05, 3.63) is 73.9 Å². The molecule has 0 spiro atoms. The van der Waals surface area contributed by atoms with Gasteiger partial charge in [-0.15, -0.1) is 22.7 Å². The molecule has 26 heavy (non-hydrogen) atoms. The van der Waals surface area contributed by atoms with Crippen LogP contribution in [0, 0.1) is 13.8 Å². The van der Waals surface area contributed by atoms with Gasteiger partial charge in [-0.25, -0.2) is 4.98 Å². The Balaban J connectivity index is 1.53. The number of thiophene rings is 1. The Kier molecular flexibility index (Phi) is 6.20. The lowest BCUT2D eigenvalue weighted by Crippen LogP contribution is -2.19. The van der Waals surface area contributed by atoms with Gasteiger partial charge in [0.25, 0.3) is 0 Å². The van der Waals surface area contributed by atoms with Gasteiger partial charge in [-0.2, -0.15) is 0 Å². The average Bonchev–Trinajstić information content (AvgIpc) is 3.24. The maximum atomic E-state index is 12.0.